The van der Waals surface area contributed by atoms with E-state index in [4.69, 9.17) is 4.42 Å². The average Bonchev–Trinajstić information content (AvgIpc) is 2.93. The van der Waals surface area contributed by atoms with Gasteiger partial charge in [-0.2, -0.15) is 5.10 Å². The topological polar surface area (TPSA) is 54.6 Å². The van der Waals surface area contributed by atoms with E-state index in [-0.39, 0.29) is 11.8 Å². The second-order valence-corrected chi connectivity index (χ2v) is 5.47. The summed E-state index contributed by atoms with van der Waals surface area (Å²) in [6.45, 7) is 3.90. The van der Waals surface area contributed by atoms with Crippen LogP contribution in [-0.2, 0) is 0 Å². The number of furan rings is 1. The number of hydrogen-bond acceptors (Lipinski definition) is 3. The molecule has 3 aromatic rings. The van der Waals surface area contributed by atoms with Crippen molar-refractivity contribution in [2.75, 3.05) is 0 Å². The molecule has 0 bridgehead atoms. The van der Waals surface area contributed by atoms with Crippen molar-refractivity contribution >= 4 is 23.1 Å². The Labute approximate surface area is 134 Å². The number of fused-ring (bicyclic) bond motifs is 1. The maximum atomic E-state index is 12.2. The smallest absolute Gasteiger partial charge is 0.307 e. The molecule has 0 saturated carbocycles. The molecule has 23 heavy (non-hydrogen) atoms. The summed E-state index contributed by atoms with van der Waals surface area (Å²) in [5.74, 6) is 0.0826. The van der Waals surface area contributed by atoms with Gasteiger partial charge in [0.25, 0.3) is 0 Å². The van der Waals surface area contributed by atoms with Crippen molar-refractivity contribution in [2.24, 2.45) is 5.10 Å². The molecule has 0 fully saturated rings. The lowest BCUT2D eigenvalue weighted by Crippen LogP contribution is -2.18. The number of hydrogen-bond donors (Lipinski definition) is 1. The van der Waals surface area contributed by atoms with Gasteiger partial charge in [0.2, 0.25) is 0 Å². The van der Waals surface area contributed by atoms with Gasteiger partial charge in [-0.25, -0.2) is 5.43 Å². The molecular formula is C19H18N2O2. The number of nitrogens with zero attached hydrogens (tertiary/aromatic N) is 1. The fourth-order valence-corrected chi connectivity index (χ4v) is 2.49. The second-order valence-electron chi connectivity index (χ2n) is 5.47. The zero-order valence-electron chi connectivity index (χ0n) is 13.1. The van der Waals surface area contributed by atoms with Crippen LogP contribution in [0.2, 0.25) is 0 Å². The van der Waals surface area contributed by atoms with Gasteiger partial charge >= 0.3 is 5.91 Å². The third-order valence-corrected chi connectivity index (χ3v) is 3.84. The summed E-state index contributed by atoms with van der Waals surface area (Å²) in [4.78, 5) is 12.2. The highest BCUT2D eigenvalue weighted by molar-refractivity contribution is 5.99. The molecule has 4 nitrogen and oxygen atoms in total. The van der Waals surface area contributed by atoms with Crippen LogP contribution in [0.15, 0.2) is 64.1 Å². The van der Waals surface area contributed by atoms with Crippen molar-refractivity contribution in [1.29, 1.82) is 0 Å². The van der Waals surface area contributed by atoms with E-state index in [1.807, 2.05) is 68.4 Å². The number of carbonyl (C=O) groups excluding carboxylic acids is 1. The lowest BCUT2D eigenvalue weighted by Gasteiger charge is -2.05. The summed E-state index contributed by atoms with van der Waals surface area (Å²) in [6, 6.07) is 17.6. The highest BCUT2D eigenvalue weighted by Crippen LogP contribution is 2.24. The van der Waals surface area contributed by atoms with Crippen LogP contribution in [0.1, 0.15) is 34.5 Å². The summed E-state index contributed by atoms with van der Waals surface area (Å²) >= 11 is 0. The first kappa shape index (κ1) is 15.0. The molecule has 0 saturated heterocycles. The Morgan fingerprint density at radius 1 is 1.13 bits per heavy atom. The lowest BCUT2D eigenvalue weighted by atomic mass is 10.0. The minimum absolute atomic E-state index is 0.119. The number of benzene rings is 2. The quantitative estimate of drug-likeness (QED) is 0.578. The van der Waals surface area contributed by atoms with Gasteiger partial charge in [-0.05, 0) is 18.6 Å². The molecule has 1 N–H and O–H groups in total. The molecule has 0 aliphatic rings. The fourth-order valence-electron chi connectivity index (χ4n) is 2.49. The maximum absolute atomic E-state index is 12.2. The number of nitrogens with one attached hydrogen (secondary N) is 1. The summed E-state index contributed by atoms with van der Waals surface area (Å²) in [7, 11) is 0. The SMILES string of the molecule is Cc1c(C(=O)N/N=C\[C@H](C)c2ccccc2)oc2ccccc12. The standard InChI is InChI=1S/C19H18N2O2/c1-13(15-8-4-3-5-9-15)12-20-21-19(22)18-14(2)16-10-6-7-11-17(16)23-18/h3-13H,1-2H3,(H,21,22)/b20-12-/t13-/m0/s1. The predicted octanol–water partition coefficient (Wildman–Crippen LogP) is 4.26. The highest BCUT2D eigenvalue weighted by atomic mass is 16.3. The van der Waals surface area contributed by atoms with Crippen molar-refractivity contribution in [3.63, 3.8) is 0 Å². The minimum Gasteiger partial charge on any atom is -0.451 e. The Hall–Kier alpha value is -2.88. The minimum atomic E-state index is -0.338. The number of aryl methyl sites for hydroxylation is 1. The largest absolute Gasteiger partial charge is 0.451 e. The first-order chi connectivity index (χ1) is 11.2. The van der Waals surface area contributed by atoms with E-state index < -0.39 is 0 Å². The van der Waals surface area contributed by atoms with Crippen LogP contribution in [0, 0.1) is 6.92 Å². The van der Waals surface area contributed by atoms with Crippen LogP contribution in [-0.4, -0.2) is 12.1 Å². The van der Waals surface area contributed by atoms with Crippen molar-refractivity contribution in [1.82, 2.24) is 5.43 Å². The summed E-state index contributed by atoms with van der Waals surface area (Å²) in [5, 5.41) is 4.99. The van der Waals surface area contributed by atoms with Gasteiger partial charge in [-0.1, -0.05) is 55.5 Å². The molecular weight excluding hydrogens is 288 g/mol. The zero-order chi connectivity index (χ0) is 16.2. The maximum Gasteiger partial charge on any atom is 0.307 e. The van der Waals surface area contributed by atoms with Gasteiger partial charge in [-0.15, -0.1) is 0 Å². The number of amides is 1. The zero-order valence-corrected chi connectivity index (χ0v) is 13.1. The van der Waals surface area contributed by atoms with Gasteiger partial charge in [0, 0.05) is 23.1 Å². The van der Waals surface area contributed by atoms with E-state index in [1.54, 1.807) is 6.21 Å². The highest BCUT2D eigenvalue weighted by Gasteiger charge is 2.16. The Morgan fingerprint density at radius 3 is 2.57 bits per heavy atom. The van der Waals surface area contributed by atoms with E-state index in [0.717, 1.165) is 16.5 Å². The second kappa shape index (κ2) is 6.48. The molecule has 1 atom stereocenters. The molecule has 116 valence electrons. The Kier molecular flexibility index (Phi) is 4.24. The number of para-hydroxylation sites is 1. The third-order valence-electron chi connectivity index (χ3n) is 3.84. The van der Waals surface area contributed by atoms with E-state index in [2.05, 4.69) is 10.5 Å². The van der Waals surface area contributed by atoms with E-state index in [9.17, 15) is 4.79 Å². The van der Waals surface area contributed by atoms with Crippen molar-refractivity contribution in [3.05, 3.63) is 71.5 Å². The van der Waals surface area contributed by atoms with E-state index >= 15 is 0 Å². The van der Waals surface area contributed by atoms with Crippen LogP contribution in [0.25, 0.3) is 11.0 Å². The van der Waals surface area contributed by atoms with Crippen LogP contribution in [0.5, 0.6) is 0 Å². The molecule has 0 unspecified atom stereocenters. The van der Waals surface area contributed by atoms with Gasteiger partial charge < -0.3 is 4.42 Å². The molecule has 3 rings (SSSR count). The van der Waals surface area contributed by atoms with Crippen molar-refractivity contribution < 1.29 is 9.21 Å². The molecule has 0 aliphatic heterocycles. The summed E-state index contributed by atoms with van der Waals surface area (Å²) in [5.41, 5.74) is 5.21. The number of carbonyl (C=O) groups is 1. The third kappa shape index (κ3) is 3.16. The molecule has 1 aromatic heterocycles. The monoisotopic (exact) mass is 306 g/mol. The summed E-state index contributed by atoms with van der Waals surface area (Å²) < 4.78 is 5.62. The lowest BCUT2D eigenvalue weighted by molar-refractivity contribution is 0.0928. The van der Waals surface area contributed by atoms with Crippen molar-refractivity contribution in [3.8, 4) is 0 Å². The van der Waals surface area contributed by atoms with Crippen LogP contribution in [0.3, 0.4) is 0 Å². The predicted molar refractivity (Wildman–Crippen MR) is 91.8 cm³/mol. The molecule has 1 amide bonds. The van der Waals surface area contributed by atoms with Crippen LogP contribution < -0.4 is 5.43 Å². The van der Waals surface area contributed by atoms with Crippen molar-refractivity contribution in [2.45, 2.75) is 19.8 Å². The molecule has 1 heterocycles. The Morgan fingerprint density at radius 2 is 1.83 bits per heavy atom. The molecule has 0 spiro atoms. The summed E-state index contributed by atoms with van der Waals surface area (Å²) in [6.07, 6.45) is 1.71. The number of rotatable bonds is 4. The van der Waals surface area contributed by atoms with E-state index in [0.29, 0.717) is 11.3 Å². The molecule has 0 radical (unpaired) electrons. The first-order valence-electron chi connectivity index (χ1n) is 7.53. The molecule has 4 heteroatoms. The molecule has 2 aromatic carbocycles. The van der Waals surface area contributed by atoms with Crippen LogP contribution >= 0.6 is 0 Å². The Bertz CT molecular complexity index is 850. The van der Waals surface area contributed by atoms with Crippen LogP contribution in [0.4, 0.5) is 0 Å². The first-order valence-corrected chi connectivity index (χ1v) is 7.53. The average molecular weight is 306 g/mol. The van der Waals surface area contributed by atoms with Gasteiger partial charge in [0.1, 0.15) is 5.58 Å². The number of hydrazone groups is 1. The van der Waals surface area contributed by atoms with Gasteiger partial charge in [0.15, 0.2) is 5.76 Å². The fraction of sp³-hybridized carbons (Fsp3) is 0.158. The normalized spacial score (nSPS) is 12.6. The Balaban J connectivity index is 1.71. The van der Waals surface area contributed by atoms with Gasteiger partial charge in [0.05, 0.1) is 0 Å². The van der Waals surface area contributed by atoms with Gasteiger partial charge in [-0.3, -0.25) is 4.79 Å². The molecule has 0 aliphatic carbocycles. The van der Waals surface area contributed by atoms with E-state index in [1.165, 1.54) is 0 Å².